The van der Waals surface area contributed by atoms with Crippen molar-refractivity contribution in [2.75, 3.05) is 14.2 Å². The minimum Gasteiger partial charge on any atom is -0.451 e. The largest absolute Gasteiger partial charge is 0.451 e. The van der Waals surface area contributed by atoms with Crippen molar-refractivity contribution < 1.29 is 19.1 Å². The van der Waals surface area contributed by atoms with Crippen molar-refractivity contribution in [1.29, 1.82) is 0 Å². The molecule has 2 atom stereocenters. The van der Waals surface area contributed by atoms with E-state index < -0.39 is 12.2 Å². The highest BCUT2D eigenvalue weighted by molar-refractivity contribution is 5.76. The number of fused-ring (bicyclic) bond motifs is 2. The Morgan fingerprint density at radius 1 is 1.07 bits per heavy atom. The highest BCUT2D eigenvalue weighted by atomic mass is 16.6. The van der Waals surface area contributed by atoms with Gasteiger partial charge in [-0.05, 0) is 6.42 Å². The first kappa shape index (κ1) is 9.82. The molecule has 82 valence electrons. The molecule has 1 saturated heterocycles. The fraction of sp³-hybridized carbons (Fsp3) is 0.556. The van der Waals surface area contributed by atoms with E-state index in [-0.39, 0.29) is 12.1 Å². The summed E-state index contributed by atoms with van der Waals surface area (Å²) >= 11 is 0. The number of rotatable bonds is 0. The second-order valence-electron chi connectivity index (χ2n) is 3.38. The van der Waals surface area contributed by atoms with E-state index in [9.17, 15) is 9.59 Å². The molecule has 0 aromatic carbocycles. The van der Waals surface area contributed by atoms with Gasteiger partial charge < -0.3 is 9.47 Å². The van der Waals surface area contributed by atoms with Crippen LogP contribution in [0.5, 0.6) is 0 Å². The van der Waals surface area contributed by atoms with Crippen LogP contribution in [0, 0.1) is 0 Å². The monoisotopic (exact) mass is 212 g/mol. The molecule has 15 heavy (non-hydrogen) atoms. The molecule has 2 amide bonds. The van der Waals surface area contributed by atoms with E-state index in [1.54, 1.807) is 0 Å². The van der Waals surface area contributed by atoms with Crippen LogP contribution in [0.3, 0.4) is 0 Å². The van der Waals surface area contributed by atoms with E-state index in [1.807, 2.05) is 12.2 Å². The molecule has 1 aliphatic carbocycles. The quantitative estimate of drug-likeness (QED) is 0.556. The maximum atomic E-state index is 11.5. The van der Waals surface area contributed by atoms with Crippen molar-refractivity contribution >= 4 is 12.2 Å². The maximum Gasteiger partial charge on any atom is 0.429 e. The van der Waals surface area contributed by atoms with Gasteiger partial charge >= 0.3 is 12.2 Å². The lowest BCUT2D eigenvalue weighted by Crippen LogP contribution is -2.51. The van der Waals surface area contributed by atoms with Crippen LogP contribution in [0.4, 0.5) is 9.59 Å². The third-order valence-corrected chi connectivity index (χ3v) is 2.62. The number of nitrogens with zero attached hydrogens (tertiary/aromatic N) is 2. The van der Waals surface area contributed by atoms with Gasteiger partial charge in [-0.2, -0.15) is 0 Å². The third-order valence-electron chi connectivity index (χ3n) is 2.62. The molecule has 0 N–H and O–H groups in total. The van der Waals surface area contributed by atoms with Gasteiger partial charge in [0.25, 0.3) is 0 Å². The van der Waals surface area contributed by atoms with Crippen molar-refractivity contribution in [1.82, 2.24) is 10.0 Å². The van der Waals surface area contributed by atoms with Gasteiger partial charge in [-0.25, -0.2) is 19.6 Å². The second kappa shape index (κ2) is 3.45. The standard InChI is InChI=1S/C9H12N2O4/c1-14-8(12)10-6-3-4-7(5-6)11(10)9(13)15-2/h3-4,6-7H,5H2,1-2H3/t6-,7+. The summed E-state index contributed by atoms with van der Waals surface area (Å²) < 4.78 is 9.23. The summed E-state index contributed by atoms with van der Waals surface area (Å²) in [5, 5.41) is 2.58. The zero-order valence-corrected chi connectivity index (χ0v) is 8.54. The number of amides is 2. The van der Waals surface area contributed by atoms with E-state index in [0.717, 1.165) is 0 Å². The first-order valence-electron chi connectivity index (χ1n) is 4.61. The normalized spacial score (nSPS) is 27.1. The molecule has 2 bridgehead atoms. The molecule has 1 aliphatic heterocycles. The lowest BCUT2D eigenvalue weighted by Gasteiger charge is -2.32. The summed E-state index contributed by atoms with van der Waals surface area (Å²) in [6.07, 6.45) is 3.40. The van der Waals surface area contributed by atoms with Gasteiger partial charge in [-0.15, -0.1) is 0 Å². The zero-order chi connectivity index (χ0) is 11.0. The van der Waals surface area contributed by atoms with Crippen LogP contribution in [0.25, 0.3) is 0 Å². The molecule has 0 unspecified atom stereocenters. The average Bonchev–Trinajstić information content (AvgIpc) is 2.86. The fourth-order valence-corrected chi connectivity index (χ4v) is 1.98. The van der Waals surface area contributed by atoms with Crippen molar-refractivity contribution in [3.63, 3.8) is 0 Å². The smallest absolute Gasteiger partial charge is 0.429 e. The summed E-state index contributed by atoms with van der Waals surface area (Å²) in [5.74, 6) is 0. The molecule has 1 heterocycles. The molecular formula is C9H12N2O4. The van der Waals surface area contributed by atoms with E-state index in [4.69, 9.17) is 0 Å². The SMILES string of the molecule is COC(=O)N1[C@@H]2C=C[C@@H](C2)N1C(=O)OC. The number of methoxy groups -OCH3 is 2. The fourth-order valence-electron chi connectivity index (χ4n) is 1.98. The summed E-state index contributed by atoms with van der Waals surface area (Å²) in [4.78, 5) is 22.9. The first-order chi connectivity index (χ1) is 7.19. The summed E-state index contributed by atoms with van der Waals surface area (Å²) in [5.41, 5.74) is 0. The predicted molar refractivity (Wildman–Crippen MR) is 49.8 cm³/mol. The van der Waals surface area contributed by atoms with Crippen LogP contribution in [-0.4, -0.2) is 48.5 Å². The molecule has 0 radical (unpaired) electrons. The van der Waals surface area contributed by atoms with E-state index >= 15 is 0 Å². The lowest BCUT2D eigenvalue weighted by molar-refractivity contribution is -0.00351. The van der Waals surface area contributed by atoms with Crippen LogP contribution < -0.4 is 0 Å². The predicted octanol–water partition coefficient (Wildman–Crippen LogP) is 0.749. The zero-order valence-electron chi connectivity index (χ0n) is 8.54. The minimum atomic E-state index is -0.544. The van der Waals surface area contributed by atoms with E-state index in [1.165, 1.54) is 24.2 Å². The topological polar surface area (TPSA) is 59.1 Å². The Bertz CT molecular complexity index is 298. The van der Waals surface area contributed by atoms with E-state index in [0.29, 0.717) is 6.42 Å². The van der Waals surface area contributed by atoms with Gasteiger partial charge in [0.2, 0.25) is 0 Å². The van der Waals surface area contributed by atoms with Gasteiger partial charge in [0, 0.05) is 0 Å². The van der Waals surface area contributed by atoms with Crippen molar-refractivity contribution in [3.05, 3.63) is 12.2 Å². The second-order valence-corrected chi connectivity index (χ2v) is 3.38. The highest BCUT2D eigenvalue weighted by Gasteiger charge is 2.47. The molecule has 6 heteroatoms. The Morgan fingerprint density at radius 2 is 1.47 bits per heavy atom. The Kier molecular flexibility index (Phi) is 2.26. The number of hydrazine groups is 1. The number of carbonyl (C=O) groups is 2. The number of carbonyl (C=O) groups excluding carboxylic acids is 2. The van der Waals surface area contributed by atoms with Crippen molar-refractivity contribution in [2.45, 2.75) is 18.5 Å². The van der Waals surface area contributed by atoms with Gasteiger partial charge in [0.15, 0.2) is 0 Å². The molecule has 0 spiro atoms. The van der Waals surface area contributed by atoms with Crippen LogP contribution in [0.15, 0.2) is 12.2 Å². The summed E-state index contributed by atoms with van der Waals surface area (Å²) in [6, 6.07) is -0.192. The summed E-state index contributed by atoms with van der Waals surface area (Å²) in [7, 11) is 2.57. The van der Waals surface area contributed by atoms with Crippen molar-refractivity contribution in [2.24, 2.45) is 0 Å². The van der Waals surface area contributed by atoms with E-state index in [2.05, 4.69) is 9.47 Å². The Balaban J connectivity index is 2.24. The Morgan fingerprint density at radius 3 is 1.80 bits per heavy atom. The molecular weight excluding hydrogens is 200 g/mol. The maximum absolute atomic E-state index is 11.5. The lowest BCUT2D eigenvalue weighted by atomic mass is 10.2. The van der Waals surface area contributed by atoms with Crippen molar-refractivity contribution in [3.8, 4) is 0 Å². The van der Waals surface area contributed by atoms with Crippen LogP contribution in [0.2, 0.25) is 0 Å². The molecule has 2 rings (SSSR count). The number of ether oxygens (including phenoxy) is 2. The molecule has 1 fully saturated rings. The molecule has 2 aliphatic rings. The highest BCUT2D eigenvalue weighted by Crippen LogP contribution is 2.33. The minimum absolute atomic E-state index is 0.0958. The Hall–Kier alpha value is -1.72. The molecule has 0 aromatic rings. The first-order valence-corrected chi connectivity index (χ1v) is 4.61. The van der Waals surface area contributed by atoms with Crippen LogP contribution in [-0.2, 0) is 9.47 Å². The van der Waals surface area contributed by atoms with Gasteiger partial charge in [0.05, 0.1) is 26.3 Å². The van der Waals surface area contributed by atoms with Crippen LogP contribution >= 0.6 is 0 Å². The van der Waals surface area contributed by atoms with Gasteiger partial charge in [-0.1, -0.05) is 12.2 Å². The number of hydrogen-bond acceptors (Lipinski definition) is 4. The average molecular weight is 212 g/mol. The van der Waals surface area contributed by atoms with Crippen LogP contribution in [0.1, 0.15) is 6.42 Å². The third kappa shape index (κ3) is 1.33. The summed E-state index contributed by atoms with van der Waals surface area (Å²) in [6.45, 7) is 0. The van der Waals surface area contributed by atoms with Gasteiger partial charge in [-0.3, -0.25) is 0 Å². The molecule has 0 saturated carbocycles. The molecule has 6 nitrogen and oxygen atoms in total. The Labute approximate surface area is 87.0 Å². The number of hydrogen-bond donors (Lipinski definition) is 0. The van der Waals surface area contributed by atoms with Gasteiger partial charge in [0.1, 0.15) is 0 Å². The molecule has 0 aromatic heterocycles.